The van der Waals surface area contributed by atoms with Gasteiger partial charge in [0.2, 0.25) is 0 Å². The van der Waals surface area contributed by atoms with Gasteiger partial charge in [-0.05, 0) is 30.2 Å². The third-order valence-corrected chi connectivity index (χ3v) is 4.16. The molecule has 0 fully saturated rings. The molecule has 1 aromatic rings. The Balaban J connectivity index is 1.96. The Morgan fingerprint density at radius 3 is 3.07 bits per heavy atom. The highest BCUT2D eigenvalue weighted by Crippen LogP contribution is 2.30. The van der Waals surface area contributed by atoms with Crippen LogP contribution in [0.3, 0.4) is 0 Å². The summed E-state index contributed by atoms with van der Waals surface area (Å²) < 4.78 is 0. The standard InChI is InChI=1S/C13H19NS/c1-10(15-2)9-14-13-8-7-11-5-3-4-6-12(11)13/h3-6,10,13-14H,7-9H2,1-2H3. The SMILES string of the molecule is CSC(C)CNC1CCc2ccccc21. The Hall–Kier alpha value is -0.470. The van der Waals surface area contributed by atoms with Crippen molar-refractivity contribution in [2.75, 3.05) is 12.8 Å². The zero-order valence-electron chi connectivity index (χ0n) is 9.49. The lowest BCUT2D eigenvalue weighted by molar-refractivity contribution is 0.533. The van der Waals surface area contributed by atoms with E-state index in [0.29, 0.717) is 11.3 Å². The molecule has 0 spiro atoms. The predicted molar refractivity (Wildman–Crippen MR) is 68.5 cm³/mol. The van der Waals surface area contributed by atoms with Crippen molar-refractivity contribution in [3.63, 3.8) is 0 Å². The van der Waals surface area contributed by atoms with Crippen LogP contribution in [-0.2, 0) is 6.42 Å². The predicted octanol–water partition coefficient (Wildman–Crippen LogP) is 3.02. The van der Waals surface area contributed by atoms with Crippen molar-refractivity contribution < 1.29 is 0 Å². The van der Waals surface area contributed by atoms with E-state index < -0.39 is 0 Å². The highest BCUT2D eigenvalue weighted by molar-refractivity contribution is 7.99. The molecule has 0 aromatic heterocycles. The molecule has 1 nitrogen and oxygen atoms in total. The van der Waals surface area contributed by atoms with E-state index in [9.17, 15) is 0 Å². The van der Waals surface area contributed by atoms with E-state index >= 15 is 0 Å². The van der Waals surface area contributed by atoms with Crippen LogP contribution in [0.2, 0.25) is 0 Å². The van der Waals surface area contributed by atoms with E-state index in [1.807, 2.05) is 11.8 Å². The van der Waals surface area contributed by atoms with Crippen LogP contribution >= 0.6 is 11.8 Å². The monoisotopic (exact) mass is 221 g/mol. The van der Waals surface area contributed by atoms with E-state index in [1.54, 1.807) is 0 Å². The number of aryl methyl sites for hydroxylation is 1. The molecule has 82 valence electrons. The molecule has 2 atom stereocenters. The molecule has 0 amide bonds. The van der Waals surface area contributed by atoms with Crippen LogP contribution < -0.4 is 5.32 Å². The largest absolute Gasteiger partial charge is 0.309 e. The van der Waals surface area contributed by atoms with Crippen molar-refractivity contribution in [1.82, 2.24) is 5.32 Å². The summed E-state index contributed by atoms with van der Waals surface area (Å²) in [5.74, 6) is 0. The van der Waals surface area contributed by atoms with Crippen molar-refractivity contribution in [3.8, 4) is 0 Å². The maximum Gasteiger partial charge on any atom is 0.0326 e. The molecule has 0 saturated carbocycles. The Labute approximate surface area is 96.7 Å². The average Bonchev–Trinajstić information content (AvgIpc) is 2.69. The van der Waals surface area contributed by atoms with Crippen LogP contribution in [-0.4, -0.2) is 18.1 Å². The van der Waals surface area contributed by atoms with Crippen molar-refractivity contribution in [3.05, 3.63) is 35.4 Å². The molecule has 2 rings (SSSR count). The van der Waals surface area contributed by atoms with Crippen LogP contribution in [0.25, 0.3) is 0 Å². The van der Waals surface area contributed by atoms with Gasteiger partial charge in [0.1, 0.15) is 0 Å². The fourth-order valence-electron chi connectivity index (χ4n) is 2.16. The van der Waals surface area contributed by atoms with Gasteiger partial charge in [-0.3, -0.25) is 0 Å². The first-order valence-corrected chi connectivity index (χ1v) is 6.94. The maximum atomic E-state index is 3.67. The van der Waals surface area contributed by atoms with Crippen LogP contribution in [0.15, 0.2) is 24.3 Å². The lowest BCUT2D eigenvalue weighted by Crippen LogP contribution is -2.26. The minimum atomic E-state index is 0.593. The molecule has 0 saturated heterocycles. The molecular formula is C13H19NS. The fourth-order valence-corrected chi connectivity index (χ4v) is 2.42. The molecule has 15 heavy (non-hydrogen) atoms. The third kappa shape index (κ3) is 2.56. The number of hydrogen-bond donors (Lipinski definition) is 1. The number of benzene rings is 1. The molecule has 1 aliphatic rings. The lowest BCUT2D eigenvalue weighted by atomic mass is 10.1. The number of hydrogen-bond acceptors (Lipinski definition) is 2. The average molecular weight is 221 g/mol. The first-order chi connectivity index (χ1) is 7.31. The van der Waals surface area contributed by atoms with Gasteiger partial charge in [0.15, 0.2) is 0 Å². The minimum Gasteiger partial charge on any atom is -0.309 e. The molecule has 0 aliphatic heterocycles. The summed E-state index contributed by atoms with van der Waals surface area (Å²) in [6.07, 6.45) is 4.68. The molecule has 0 radical (unpaired) electrons. The second-order valence-electron chi connectivity index (χ2n) is 4.24. The zero-order valence-corrected chi connectivity index (χ0v) is 10.3. The molecule has 0 heterocycles. The quantitative estimate of drug-likeness (QED) is 0.839. The highest BCUT2D eigenvalue weighted by Gasteiger charge is 2.21. The molecule has 2 heteroatoms. The Morgan fingerprint density at radius 1 is 1.47 bits per heavy atom. The van der Waals surface area contributed by atoms with Gasteiger partial charge < -0.3 is 5.32 Å². The zero-order chi connectivity index (χ0) is 10.7. The number of thioether (sulfide) groups is 1. The van der Waals surface area contributed by atoms with Crippen molar-refractivity contribution in [1.29, 1.82) is 0 Å². The molecule has 0 bridgehead atoms. The van der Waals surface area contributed by atoms with Gasteiger partial charge >= 0.3 is 0 Å². The summed E-state index contributed by atoms with van der Waals surface area (Å²) in [6, 6.07) is 9.41. The maximum absolute atomic E-state index is 3.67. The van der Waals surface area contributed by atoms with Crippen molar-refractivity contribution in [2.45, 2.75) is 31.1 Å². The highest BCUT2D eigenvalue weighted by atomic mass is 32.2. The summed E-state index contributed by atoms with van der Waals surface area (Å²) in [4.78, 5) is 0. The summed E-state index contributed by atoms with van der Waals surface area (Å²) in [6.45, 7) is 3.39. The number of rotatable bonds is 4. The summed E-state index contributed by atoms with van der Waals surface area (Å²) in [5.41, 5.74) is 3.05. The van der Waals surface area contributed by atoms with Gasteiger partial charge in [-0.15, -0.1) is 0 Å². The van der Waals surface area contributed by atoms with Crippen LogP contribution in [0.4, 0.5) is 0 Å². The molecule has 1 aliphatic carbocycles. The van der Waals surface area contributed by atoms with Gasteiger partial charge in [-0.25, -0.2) is 0 Å². The van der Waals surface area contributed by atoms with Crippen molar-refractivity contribution >= 4 is 11.8 Å². The van der Waals surface area contributed by atoms with Gasteiger partial charge in [-0.1, -0.05) is 31.2 Å². The smallest absolute Gasteiger partial charge is 0.0326 e. The molecule has 1 aromatic carbocycles. The topological polar surface area (TPSA) is 12.0 Å². The lowest BCUT2D eigenvalue weighted by Gasteiger charge is -2.16. The van der Waals surface area contributed by atoms with Gasteiger partial charge in [0.05, 0.1) is 0 Å². The minimum absolute atomic E-state index is 0.593. The van der Waals surface area contributed by atoms with E-state index in [0.717, 1.165) is 6.54 Å². The summed E-state index contributed by atoms with van der Waals surface area (Å²) in [7, 11) is 0. The Bertz CT molecular complexity index is 324. The Morgan fingerprint density at radius 2 is 2.27 bits per heavy atom. The van der Waals surface area contributed by atoms with E-state index in [2.05, 4.69) is 42.8 Å². The Kier molecular flexibility index (Phi) is 3.71. The van der Waals surface area contributed by atoms with Crippen LogP contribution in [0.5, 0.6) is 0 Å². The first kappa shape index (κ1) is 11.0. The molecule has 2 unspecified atom stereocenters. The third-order valence-electron chi connectivity index (χ3n) is 3.19. The summed E-state index contributed by atoms with van der Waals surface area (Å²) >= 11 is 1.93. The van der Waals surface area contributed by atoms with E-state index in [-0.39, 0.29) is 0 Å². The molecule has 1 N–H and O–H groups in total. The number of nitrogens with one attached hydrogen (secondary N) is 1. The van der Waals surface area contributed by atoms with Gasteiger partial charge in [-0.2, -0.15) is 11.8 Å². The summed E-state index contributed by atoms with van der Waals surface area (Å²) in [5, 5.41) is 4.37. The molecular weight excluding hydrogens is 202 g/mol. The first-order valence-electron chi connectivity index (χ1n) is 5.65. The number of fused-ring (bicyclic) bond motifs is 1. The van der Waals surface area contributed by atoms with Gasteiger partial charge in [0, 0.05) is 17.8 Å². The van der Waals surface area contributed by atoms with Crippen LogP contribution in [0, 0.1) is 0 Å². The second-order valence-corrected chi connectivity index (χ2v) is 5.52. The second kappa shape index (κ2) is 5.04. The van der Waals surface area contributed by atoms with E-state index in [1.165, 1.54) is 24.0 Å². The fraction of sp³-hybridized carbons (Fsp3) is 0.538. The van der Waals surface area contributed by atoms with Crippen molar-refractivity contribution in [2.24, 2.45) is 0 Å². The van der Waals surface area contributed by atoms with Gasteiger partial charge in [0.25, 0.3) is 0 Å². The van der Waals surface area contributed by atoms with E-state index in [4.69, 9.17) is 0 Å². The van der Waals surface area contributed by atoms with Crippen LogP contribution in [0.1, 0.15) is 30.5 Å². The normalized spacial score (nSPS) is 21.3.